The zero-order valence-electron chi connectivity index (χ0n) is 22.6. The fourth-order valence-electron chi connectivity index (χ4n) is 8.46. The van der Waals surface area contributed by atoms with Crippen molar-refractivity contribution in [3.8, 4) is 11.5 Å². The Labute approximate surface area is 211 Å². The largest absolute Gasteiger partial charge is 0.504 e. The van der Waals surface area contributed by atoms with Gasteiger partial charge in [0.05, 0.1) is 5.60 Å². The number of methoxy groups -OCH3 is 1. The fourth-order valence-corrected chi connectivity index (χ4v) is 8.46. The van der Waals surface area contributed by atoms with Crippen LogP contribution in [0.3, 0.4) is 0 Å². The predicted octanol–water partition coefficient (Wildman–Crippen LogP) is 5.19. The van der Waals surface area contributed by atoms with Gasteiger partial charge >= 0.3 is 0 Å². The molecule has 1 aromatic carbocycles. The SMILES string of the molecule is COC1(C)CC[C@@]2(CC[C@](C)(O)C(C)(C)C)[C@H]3Cc4ccc(O)c5c4[C@@]2(CCN3CC2CC2)[C@H]1O5. The smallest absolute Gasteiger partial charge is 0.165 e. The van der Waals surface area contributed by atoms with Crippen molar-refractivity contribution in [2.24, 2.45) is 16.7 Å². The van der Waals surface area contributed by atoms with Gasteiger partial charge in [-0.3, -0.25) is 4.90 Å². The fraction of sp³-hybridized carbons (Fsp3) is 0.800. The zero-order valence-corrected chi connectivity index (χ0v) is 22.6. The normalized spacial score (nSPS) is 39.6. The lowest BCUT2D eigenvalue weighted by molar-refractivity contribution is -0.211. The maximum atomic E-state index is 11.6. The van der Waals surface area contributed by atoms with Crippen LogP contribution in [-0.2, 0) is 16.6 Å². The third-order valence-electron chi connectivity index (χ3n) is 11.5. The Bertz CT molecular complexity index is 1030. The van der Waals surface area contributed by atoms with Gasteiger partial charge in [-0.15, -0.1) is 0 Å². The first-order valence-electron chi connectivity index (χ1n) is 13.9. The van der Waals surface area contributed by atoms with E-state index in [1.807, 2.05) is 20.1 Å². The highest BCUT2D eigenvalue weighted by molar-refractivity contribution is 5.62. The number of hydrogen-bond donors (Lipinski definition) is 2. The van der Waals surface area contributed by atoms with Gasteiger partial charge < -0.3 is 19.7 Å². The molecule has 1 unspecified atom stereocenters. The standard InChI is InChI=1S/C30H45NO4/c1-26(2,3)28(5,33)12-14-29-13-11-27(4,34-6)25-30(29)15-16-31(18-19-7-8-19)22(29)17-20-9-10-21(32)24(35-25)23(20)30/h9-10,19,22,25,32-33H,7-8,11-18H2,1-6H3/t22-,25+,27?,28+,29-,30+/m1/s1. The van der Waals surface area contributed by atoms with Crippen LogP contribution >= 0.6 is 0 Å². The van der Waals surface area contributed by atoms with Gasteiger partial charge in [0, 0.05) is 30.7 Å². The molecule has 2 N–H and O–H groups in total. The molecule has 2 aliphatic heterocycles. The molecule has 3 fully saturated rings. The molecule has 5 aliphatic rings. The second-order valence-electron chi connectivity index (χ2n) is 14.0. The quantitative estimate of drug-likeness (QED) is 0.583. The molecular formula is C30H45NO4. The van der Waals surface area contributed by atoms with Crippen LogP contribution in [0, 0.1) is 16.7 Å². The van der Waals surface area contributed by atoms with Gasteiger partial charge in [0.2, 0.25) is 0 Å². The number of likely N-dealkylation sites (tertiary alicyclic amines) is 1. The van der Waals surface area contributed by atoms with Crippen LogP contribution in [0.15, 0.2) is 12.1 Å². The number of phenols is 1. The number of nitrogens with zero attached hydrogens (tertiary/aromatic N) is 1. The van der Waals surface area contributed by atoms with Crippen molar-refractivity contribution in [2.45, 2.75) is 115 Å². The van der Waals surface area contributed by atoms with Gasteiger partial charge in [0.15, 0.2) is 11.5 Å². The number of phenolic OH excluding ortho intramolecular Hbond substituents is 1. The second-order valence-corrected chi connectivity index (χ2v) is 14.0. The molecule has 2 bridgehead atoms. The number of aromatic hydroxyl groups is 1. The molecule has 3 aliphatic carbocycles. The highest BCUT2D eigenvalue weighted by Crippen LogP contribution is 2.72. The van der Waals surface area contributed by atoms with Crippen LogP contribution in [0.25, 0.3) is 0 Å². The molecule has 0 radical (unpaired) electrons. The van der Waals surface area contributed by atoms with E-state index in [4.69, 9.17) is 9.47 Å². The Morgan fingerprint density at radius 3 is 2.54 bits per heavy atom. The summed E-state index contributed by atoms with van der Waals surface area (Å²) in [5.41, 5.74) is 1.06. The number of ether oxygens (including phenoxy) is 2. The van der Waals surface area contributed by atoms with Crippen LogP contribution in [0.1, 0.15) is 90.7 Å². The van der Waals surface area contributed by atoms with E-state index in [1.54, 1.807) is 0 Å². The minimum Gasteiger partial charge on any atom is -0.504 e. The lowest BCUT2D eigenvalue weighted by Gasteiger charge is -2.68. The van der Waals surface area contributed by atoms with Crippen molar-refractivity contribution in [3.05, 3.63) is 23.3 Å². The van der Waals surface area contributed by atoms with E-state index < -0.39 is 11.2 Å². The molecule has 1 saturated heterocycles. The predicted molar refractivity (Wildman–Crippen MR) is 137 cm³/mol. The highest BCUT2D eigenvalue weighted by Gasteiger charge is 2.75. The van der Waals surface area contributed by atoms with Crippen molar-refractivity contribution in [3.63, 3.8) is 0 Å². The third-order valence-corrected chi connectivity index (χ3v) is 11.5. The van der Waals surface area contributed by atoms with Gasteiger partial charge in [-0.2, -0.15) is 0 Å². The van der Waals surface area contributed by atoms with Gasteiger partial charge in [-0.05, 0) is 100 Å². The Balaban J connectivity index is 1.53. The van der Waals surface area contributed by atoms with Crippen molar-refractivity contribution in [1.82, 2.24) is 4.90 Å². The summed E-state index contributed by atoms with van der Waals surface area (Å²) in [7, 11) is 1.82. The number of benzene rings is 1. The summed E-state index contributed by atoms with van der Waals surface area (Å²) >= 11 is 0. The van der Waals surface area contributed by atoms with Gasteiger partial charge in [0.25, 0.3) is 0 Å². The van der Waals surface area contributed by atoms with E-state index in [2.05, 4.69) is 38.7 Å². The summed E-state index contributed by atoms with van der Waals surface area (Å²) in [6.45, 7) is 13.0. The van der Waals surface area contributed by atoms with Crippen LogP contribution in [-0.4, -0.2) is 58.7 Å². The Morgan fingerprint density at radius 2 is 1.89 bits per heavy atom. The van der Waals surface area contributed by atoms with Crippen LogP contribution in [0.4, 0.5) is 0 Å². The topological polar surface area (TPSA) is 62.2 Å². The molecule has 2 saturated carbocycles. The monoisotopic (exact) mass is 483 g/mol. The Kier molecular flexibility index (Phi) is 5.08. The average molecular weight is 484 g/mol. The summed E-state index contributed by atoms with van der Waals surface area (Å²) < 4.78 is 13.1. The zero-order chi connectivity index (χ0) is 25.0. The van der Waals surface area contributed by atoms with Gasteiger partial charge in [-0.1, -0.05) is 26.8 Å². The Morgan fingerprint density at radius 1 is 1.14 bits per heavy atom. The number of aliphatic hydroxyl groups is 1. The number of rotatable bonds is 6. The van der Waals surface area contributed by atoms with E-state index >= 15 is 0 Å². The molecule has 194 valence electrons. The maximum absolute atomic E-state index is 11.6. The molecule has 6 atom stereocenters. The lowest BCUT2D eigenvalue weighted by atomic mass is 9.40. The van der Waals surface area contributed by atoms with E-state index in [1.165, 1.54) is 30.5 Å². The van der Waals surface area contributed by atoms with Crippen LogP contribution < -0.4 is 4.74 Å². The van der Waals surface area contributed by atoms with E-state index in [9.17, 15) is 10.2 Å². The molecule has 6 rings (SSSR count). The summed E-state index contributed by atoms with van der Waals surface area (Å²) in [5, 5.41) is 22.6. The van der Waals surface area contributed by atoms with Gasteiger partial charge in [0.1, 0.15) is 11.7 Å². The van der Waals surface area contributed by atoms with E-state index in [0.29, 0.717) is 11.8 Å². The van der Waals surface area contributed by atoms with Crippen molar-refractivity contribution >= 4 is 0 Å². The summed E-state index contributed by atoms with van der Waals surface area (Å²) in [6.07, 6.45) is 8.38. The van der Waals surface area contributed by atoms with Crippen LogP contribution in [0.5, 0.6) is 11.5 Å². The minimum absolute atomic E-state index is 0.00979. The molecule has 1 aromatic rings. The number of piperidine rings is 1. The first-order chi connectivity index (χ1) is 16.4. The van der Waals surface area contributed by atoms with Crippen LogP contribution in [0.2, 0.25) is 0 Å². The minimum atomic E-state index is -0.757. The summed E-state index contributed by atoms with van der Waals surface area (Å²) in [6, 6.07) is 4.43. The molecule has 2 heterocycles. The highest BCUT2D eigenvalue weighted by atomic mass is 16.6. The maximum Gasteiger partial charge on any atom is 0.165 e. The van der Waals surface area contributed by atoms with Crippen molar-refractivity contribution in [2.75, 3.05) is 20.2 Å². The second kappa shape index (κ2) is 7.39. The van der Waals surface area contributed by atoms with E-state index in [0.717, 1.165) is 51.0 Å². The summed E-state index contributed by atoms with van der Waals surface area (Å²) in [5.74, 6) is 1.82. The van der Waals surface area contributed by atoms with Crippen molar-refractivity contribution in [1.29, 1.82) is 0 Å². The first-order valence-corrected chi connectivity index (χ1v) is 13.9. The number of hydrogen-bond acceptors (Lipinski definition) is 5. The first kappa shape index (κ1) is 24.1. The van der Waals surface area contributed by atoms with Crippen molar-refractivity contribution < 1.29 is 19.7 Å². The molecule has 1 spiro atoms. The molecule has 0 amide bonds. The Hall–Kier alpha value is -1.30. The van der Waals surface area contributed by atoms with Gasteiger partial charge in [-0.25, -0.2) is 0 Å². The molecular weight excluding hydrogens is 438 g/mol. The summed E-state index contributed by atoms with van der Waals surface area (Å²) in [4.78, 5) is 2.81. The lowest BCUT2D eigenvalue weighted by Crippen LogP contribution is -2.75. The third kappa shape index (κ3) is 3.10. The molecule has 5 nitrogen and oxygen atoms in total. The van der Waals surface area contributed by atoms with E-state index in [-0.39, 0.29) is 28.1 Å². The molecule has 35 heavy (non-hydrogen) atoms. The molecule has 5 heteroatoms. The molecule has 0 aromatic heterocycles. The average Bonchev–Trinajstić information content (AvgIpc) is 3.54.